The van der Waals surface area contributed by atoms with Crippen molar-refractivity contribution >= 4 is 28.8 Å². The fraction of sp³-hybridized carbons (Fsp3) is 0.429. The molecule has 0 aliphatic carbocycles. The van der Waals surface area contributed by atoms with Gasteiger partial charge in [0.2, 0.25) is 0 Å². The average molecular weight is 419 g/mol. The van der Waals surface area contributed by atoms with Crippen LogP contribution < -0.4 is 10.6 Å². The summed E-state index contributed by atoms with van der Waals surface area (Å²) in [5.41, 5.74) is 1.17. The number of halogens is 2. The lowest BCUT2D eigenvalue weighted by molar-refractivity contribution is -0.126. The zero-order chi connectivity index (χ0) is 20.5. The topological polar surface area (TPSA) is 61.4 Å². The van der Waals surface area contributed by atoms with Crippen LogP contribution in [0.1, 0.15) is 29.4 Å². The predicted molar refractivity (Wildman–Crippen MR) is 109 cm³/mol. The highest BCUT2D eigenvalue weighted by atomic mass is 32.1. The molecule has 8 heteroatoms. The first-order valence-corrected chi connectivity index (χ1v) is 10.6. The van der Waals surface area contributed by atoms with Crippen molar-refractivity contribution in [3.63, 3.8) is 0 Å². The van der Waals surface area contributed by atoms with Gasteiger partial charge in [-0.15, -0.1) is 11.3 Å². The summed E-state index contributed by atoms with van der Waals surface area (Å²) in [7, 11) is 0. The van der Waals surface area contributed by atoms with E-state index >= 15 is 0 Å². The van der Waals surface area contributed by atoms with E-state index in [1.165, 1.54) is 11.3 Å². The molecule has 3 aliphatic rings. The Bertz CT molecular complexity index is 890. The Morgan fingerprint density at radius 3 is 2.41 bits per heavy atom. The van der Waals surface area contributed by atoms with Gasteiger partial charge in [-0.1, -0.05) is 12.1 Å². The Morgan fingerprint density at radius 1 is 1.10 bits per heavy atom. The molecule has 0 radical (unpaired) electrons. The standard InChI is InChI=1S/C21H23F2N3O2S/c1-12-18(14-8-10-26(12)11-9-14)25-20(27)17-7-6-16(29-17)13-2-4-15(5-3-13)24-21(28)19(22)23/h2-7,12,14,18-19H,8-11H2,1H3,(H,24,28)(H,25,27). The summed E-state index contributed by atoms with van der Waals surface area (Å²) in [5, 5.41) is 5.39. The van der Waals surface area contributed by atoms with E-state index in [1.54, 1.807) is 24.3 Å². The normalized spacial score (nSPS) is 25.8. The number of carbonyl (C=O) groups excluding carboxylic acids is 2. The first-order chi connectivity index (χ1) is 13.9. The number of amides is 2. The number of carbonyl (C=O) groups is 2. The average Bonchev–Trinajstić information content (AvgIpc) is 3.22. The summed E-state index contributed by atoms with van der Waals surface area (Å²) in [4.78, 5) is 27.9. The van der Waals surface area contributed by atoms with Crippen LogP contribution in [0.5, 0.6) is 0 Å². The van der Waals surface area contributed by atoms with Gasteiger partial charge in [-0.3, -0.25) is 14.5 Å². The number of hydrogen-bond acceptors (Lipinski definition) is 4. The molecule has 4 heterocycles. The number of thiophene rings is 1. The van der Waals surface area contributed by atoms with Crippen molar-refractivity contribution in [3.8, 4) is 10.4 Å². The maximum Gasteiger partial charge on any atom is 0.315 e. The van der Waals surface area contributed by atoms with Crippen LogP contribution in [-0.4, -0.2) is 48.3 Å². The SMILES string of the molecule is CC1C(NC(=O)c2ccc(-c3ccc(NC(=O)C(F)F)cc3)s2)C2CCN1CC2. The van der Waals surface area contributed by atoms with Gasteiger partial charge in [-0.25, -0.2) is 0 Å². The maximum atomic E-state index is 12.8. The van der Waals surface area contributed by atoms with E-state index in [0.717, 1.165) is 36.4 Å². The molecule has 2 unspecified atom stereocenters. The lowest BCUT2D eigenvalue weighted by Crippen LogP contribution is -2.62. The van der Waals surface area contributed by atoms with Gasteiger partial charge in [0.15, 0.2) is 0 Å². The van der Waals surface area contributed by atoms with Crippen LogP contribution in [0.15, 0.2) is 36.4 Å². The quantitative estimate of drug-likeness (QED) is 0.774. The smallest absolute Gasteiger partial charge is 0.315 e. The number of nitrogens with one attached hydrogen (secondary N) is 2. The van der Waals surface area contributed by atoms with Crippen LogP contribution in [0.4, 0.5) is 14.5 Å². The Labute approximate surface area is 172 Å². The Hall–Kier alpha value is -2.32. The molecule has 5 nitrogen and oxygen atoms in total. The summed E-state index contributed by atoms with van der Waals surface area (Å²) < 4.78 is 24.7. The Balaban J connectivity index is 1.41. The van der Waals surface area contributed by atoms with Gasteiger partial charge in [-0.05, 0) is 68.6 Å². The Kier molecular flexibility index (Phi) is 5.65. The molecule has 5 rings (SSSR count). The monoisotopic (exact) mass is 419 g/mol. The zero-order valence-electron chi connectivity index (χ0n) is 16.0. The summed E-state index contributed by atoms with van der Waals surface area (Å²) >= 11 is 1.40. The van der Waals surface area contributed by atoms with E-state index in [4.69, 9.17) is 0 Å². The van der Waals surface area contributed by atoms with E-state index in [0.29, 0.717) is 22.5 Å². The van der Waals surface area contributed by atoms with Gasteiger partial charge in [0, 0.05) is 22.6 Å². The fourth-order valence-electron chi connectivity index (χ4n) is 4.30. The van der Waals surface area contributed by atoms with Crippen LogP contribution in [0.2, 0.25) is 0 Å². The molecule has 0 saturated carbocycles. The lowest BCUT2D eigenvalue weighted by Gasteiger charge is -2.49. The van der Waals surface area contributed by atoms with Crippen molar-refractivity contribution in [2.24, 2.45) is 5.92 Å². The number of piperidine rings is 3. The van der Waals surface area contributed by atoms with Gasteiger partial charge < -0.3 is 10.6 Å². The molecule has 1 aromatic heterocycles. The number of fused-ring (bicyclic) bond motifs is 3. The molecule has 2 amide bonds. The molecule has 2 bridgehead atoms. The highest BCUT2D eigenvalue weighted by Gasteiger charge is 2.40. The molecule has 0 spiro atoms. The third kappa shape index (κ3) is 4.18. The van der Waals surface area contributed by atoms with E-state index in [9.17, 15) is 18.4 Å². The molecule has 2 aromatic rings. The molecular formula is C21H23F2N3O2S. The van der Waals surface area contributed by atoms with Crippen molar-refractivity contribution in [3.05, 3.63) is 41.3 Å². The van der Waals surface area contributed by atoms with Crippen LogP contribution in [-0.2, 0) is 4.79 Å². The molecule has 2 atom stereocenters. The summed E-state index contributed by atoms with van der Waals surface area (Å²) in [6.45, 7) is 4.43. The zero-order valence-corrected chi connectivity index (χ0v) is 16.8. The van der Waals surface area contributed by atoms with E-state index < -0.39 is 12.3 Å². The highest BCUT2D eigenvalue weighted by molar-refractivity contribution is 7.17. The van der Waals surface area contributed by atoms with Gasteiger partial charge in [0.25, 0.3) is 11.8 Å². The largest absolute Gasteiger partial charge is 0.347 e. The molecule has 3 fully saturated rings. The van der Waals surface area contributed by atoms with Crippen molar-refractivity contribution in [2.75, 3.05) is 18.4 Å². The summed E-state index contributed by atoms with van der Waals surface area (Å²) in [6.07, 6.45) is -0.772. The minimum atomic E-state index is -3.05. The van der Waals surface area contributed by atoms with E-state index in [2.05, 4.69) is 22.5 Å². The van der Waals surface area contributed by atoms with Crippen LogP contribution in [0.3, 0.4) is 0 Å². The van der Waals surface area contributed by atoms with Crippen LogP contribution in [0, 0.1) is 5.92 Å². The van der Waals surface area contributed by atoms with Crippen LogP contribution >= 0.6 is 11.3 Å². The van der Waals surface area contributed by atoms with Gasteiger partial charge in [0.05, 0.1) is 4.88 Å². The maximum absolute atomic E-state index is 12.8. The second kappa shape index (κ2) is 8.20. The first kappa shape index (κ1) is 20.0. The van der Waals surface area contributed by atoms with Crippen molar-refractivity contribution < 1.29 is 18.4 Å². The number of nitrogens with zero attached hydrogens (tertiary/aromatic N) is 1. The predicted octanol–water partition coefficient (Wildman–Crippen LogP) is 3.83. The number of benzene rings is 1. The third-order valence-electron chi connectivity index (χ3n) is 5.94. The molecule has 3 saturated heterocycles. The molecular weight excluding hydrogens is 396 g/mol. The molecule has 29 heavy (non-hydrogen) atoms. The minimum absolute atomic E-state index is 0.0485. The van der Waals surface area contributed by atoms with Crippen LogP contribution in [0.25, 0.3) is 10.4 Å². The molecule has 3 aliphatic heterocycles. The first-order valence-electron chi connectivity index (χ1n) is 9.76. The highest BCUT2D eigenvalue weighted by Crippen LogP contribution is 2.33. The van der Waals surface area contributed by atoms with E-state index in [-0.39, 0.29) is 11.9 Å². The molecule has 154 valence electrons. The van der Waals surface area contributed by atoms with Crippen molar-refractivity contribution in [1.29, 1.82) is 0 Å². The molecule has 2 N–H and O–H groups in total. The van der Waals surface area contributed by atoms with Gasteiger partial charge in [-0.2, -0.15) is 8.78 Å². The van der Waals surface area contributed by atoms with Gasteiger partial charge in [0.1, 0.15) is 0 Å². The second-order valence-corrected chi connectivity index (χ2v) is 8.73. The minimum Gasteiger partial charge on any atom is -0.347 e. The number of rotatable bonds is 5. The fourth-order valence-corrected chi connectivity index (χ4v) is 5.21. The Morgan fingerprint density at radius 2 is 1.79 bits per heavy atom. The third-order valence-corrected chi connectivity index (χ3v) is 7.07. The van der Waals surface area contributed by atoms with Crippen molar-refractivity contribution in [1.82, 2.24) is 10.2 Å². The molecule has 1 aromatic carbocycles. The van der Waals surface area contributed by atoms with Crippen molar-refractivity contribution in [2.45, 2.75) is 38.3 Å². The second-order valence-electron chi connectivity index (χ2n) is 7.64. The lowest BCUT2D eigenvalue weighted by atomic mass is 9.79. The summed E-state index contributed by atoms with van der Waals surface area (Å²) in [6, 6.07) is 10.9. The number of alkyl halides is 2. The summed E-state index contributed by atoms with van der Waals surface area (Å²) in [5.74, 6) is -0.822. The van der Waals surface area contributed by atoms with E-state index in [1.807, 2.05) is 12.1 Å². The van der Waals surface area contributed by atoms with Gasteiger partial charge >= 0.3 is 6.43 Å². The number of anilines is 1. The number of hydrogen-bond donors (Lipinski definition) is 2.